The standard InChI is InChI=1S/C8H20N4.C8H18N4/c1-2-9-4-6-11-8-12-7-5-10-3-1;1-2-4-9-6-7-10-8-12-11-5-3-1/h9-12H,1-8H2;7,9,11-12H,1-6,8H2. The average Bonchev–Trinajstić information content (AvgIpc) is 2.56. The summed E-state index contributed by atoms with van der Waals surface area (Å²) in [6, 6.07) is 0. The van der Waals surface area contributed by atoms with E-state index in [1.165, 1.54) is 25.7 Å². The molecule has 0 aromatic heterocycles. The van der Waals surface area contributed by atoms with Crippen LogP contribution in [-0.4, -0.2) is 78.5 Å². The summed E-state index contributed by atoms with van der Waals surface area (Å²) >= 11 is 0. The Kier molecular flexibility index (Phi) is 16.7. The zero-order chi connectivity index (χ0) is 17.0. The van der Waals surface area contributed by atoms with Crippen molar-refractivity contribution in [3.63, 3.8) is 0 Å². The van der Waals surface area contributed by atoms with Gasteiger partial charge in [0, 0.05) is 52.2 Å². The molecule has 2 heterocycles. The van der Waals surface area contributed by atoms with Crippen LogP contribution >= 0.6 is 0 Å². The highest BCUT2D eigenvalue weighted by molar-refractivity contribution is 5.59. The lowest BCUT2D eigenvalue weighted by molar-refractivity contribution is 0.509. The Morgan fingerprint density at radius 1 is 0.542 bits per heavy atom. The van der Waals surface area contributed by atoms with E-state index in [4.69, 9.17) is 0 Å². The van der Waals surface area contributed by atoms with Gasteiger partial charge in [0.15, 0.2) is 0 Å². The summed E-state index contributed by atoms with van der Waals surface area (Å²) < 4.78 is 0. The first-order chi connectivity index (χ1) is 12.0. The molecule has 1 saturated heterocycles. The van der Waals surface area contributed by atoms with Gasteiger partial charge in [-0.05, 0) is 38.9 Å². The molecule has 0 spiro atoms. The summed E-state index contributed by atoms with van der Waals surface area (Å²) in [6.07, 6.45) is 6.92. The molecule has 0 unspecified atom stereocenters. The predicted octanol–water partition coefficient (Wildman–Crippen LogP) is -1.41. The van der Waals surface area contributed by atoms with Gasteiger partial charge in [-0.15, -0.1) is 0 Å². The molecule has 0 aromatic rings. The molecule has 7 N–H and O–H groups in total. The maximum absolute atomic E-state index is 4.14. The highest BCUT2D eigenvalue weighted by atomic mass is 15.4. The zero-order valence-electron chi connectivity index (χ0n) is 15.1. The second-order valence-electron chi connectivity index (χ2n) is 5.92. The Hall–Kier alpha value is -0.610. The summed E-state index contributed by atoms with van der Waals surface area (Å²) in [5.41, 5.74) is 6.15. The molecule has 2 aliphatic heterocycles. The molecule has 2 aliphatic rings. The molecule has 1 fully saturated rings. The fraction of sp³-hybridized carbons (Fsp3) is 0.938. The minimum absolute atomic E-state index is 0.668. The number of nitrogens with zero attached hydrogens (tertiary/aromatic N) is 1. The van der Waals surface area contributed by atoms with Gasteiger partial charge in [0.25, 0.3) is 0 Å². The third-order valence-electron chi connectivity index (χ3n) is 3.73. The van der Waals surface area contributed by atoms with E-state index < -0.39 is 0 Å². The molecule has 0 aromatic carbocycles. The van der Waals surface area contributed by atoms with Crippen molar-refractivity contribution in [3.05, 3.63) is 0 Å². The normalized spacial score (nSPS) is 23.3. The Morgan fingerprint density at radius 3 is 2.00 bits per heavy atom. The number of rotatable bonds is 0. The van der Waals surface area contributed by atoms with E-state index in [1.807, 2.05) is 6.21 Å². The summed E-state index contributed by atoms with van der Waals surface area (Å²) in [4.78, 5) is 4.14. The van der Waals surface area contributed by atoms with Gasteiger partial charge in [0.05, 0.1) is 0 Å². The lowest BCUT2D eigenvalue weighted by Gasteiger charge is -2.11. The molecule has 0 radical (unpaired) electrons. The van der Waals surface area contributed by atoms with E-state index in [0.717, 1.165) is 65.6 Å². The molecular formula is C16H38N8. The molecule has 142 valence electrons. The monoisotopic (exact) mass is 342 g/mol. The fourth-order valence-corrected chi connectivity index (χ4v) is 2.33. The van der Waals surface area contributed by atoms with Crippen LogP contribution in [0.15, 0.2) is 4.99 Å². The van der Waals surface area contributed by atoms with Crippen LogP contribution in [0.2, 0.25) is 0 Å². The lowest BCUT2D eigenvalue weighted by atomic mass is 10.2. The molecule has 0 bridgehead atoms. The summed E-state index contributed by atoms with van der Waals surface area (Å²) in [6.45, 7) is 11.1. The molecule has 8 nitrogen and oxygen atoms in total. The molecule has 0 amide bonds. The van der Waals surface area contributed by atoms with Crippen LogP contribution in [0.3, 0.4) is 0 Å². The molecule has 0 saturated carbocycles. The predicted molar refractivity (Wildman–Crippen MR) is 102 cm³/mol. The molecule has 0 atom stereocenters. The molecule has 24 heavy (non-hydrogen) atoms. The van der Waals surface area contributed by atoms with Crippen molar-refractivity contribution in [1.82, 2.24) is 37.4 Å². The minimum atomic E-state index is 0.668. The first-order valence-electron chi connectivity index (χ1n) is 9.48. The van der Waals surface area contributed by atoms with Gasteiger partial charge in [0.2, 0.25) is 0 Å². The van der Waals surface area contributed by atoms with Gasteiger partial charge in [-0.2, -0.15) is 0 Å². The second kappa shape index (κ2) is 18.7. The van der Waals surface area contributed by atoms with Crippen molar-refractivity contribution < 1.29 is 0 Å². The van der Waals surface area contributed by atoms with Crippen molar-refractivity contribution in [3.8, 4) is 0 Å². The first-order valence-corrected chi connectivity index (χ1v) is 9.48. The Balaban J connectivity index is 0.000000240. The fourth-order valence-electron chi connectivity index (χ4n) is 2.33. The van der Waals surface area contributed by atoms with Gasteiger partial charge in [-0.25, -0.2) is 5.43 Å². The Labute approximate surface area is 147 Å². The van der Waals surface area contributed by atoms with Crippen LogP contribution in [-0.2, 0) is 0 Å². The van der Waals surface area contributed by atoms with Crippen LogP contribution in [0.4, 0.5) is 0 Å². The highest BCUT2D eigenvalue weighted by Crippen LogP contribution is 1.91. The molecule has 2 rings (SSSR count). The largest absolute Gasteiger partial charge is 0.315 e. The van der Waals surface area contributed by atoms with Crippen LogP contribution in [0.1, 0.15) is 25.7 Å². The van der Waals surface area contributed by atoms with Crippen LogP contribution in [0.25, 0.3) is 0 Å². The molecule has 8 heteroatoms. The van der Waals surface area contributed by atoms with Crippen molar-refractivity contribution in [2.45, 2.75) is 25.7 Å². The number of nitrogens with one attached hydrogen (secondary N) is 7. The molecular weight excluding hydrogens is 304 g/mol. The third-order valence-corrected chi connectivity index (χ3v) is 3.73. The Bertz CT molecular complexity index is 218. The Morgan fingerprint density at radius 2 is 1.21 bits per heavy atom. The van der Waals surface area contributed by atoms with E-state index in [0.29, 0.717) is 6.67 Å². The summed E-state index contributed by atoms with van der Waals surface area (Å²) in [5, 5.41) is 16.7. The van der Waals surface area contributed by atoms with Crippen molar-refractivity contribution >= 4 is 6.21 Å². The van der Waals surface area contributed by atoms with E-state index in [-0.39, 0.29) is 0 Å². The maximum Gasteiger partial charge on any atom is 0.101 e. The number of hydrazine groups is 1. The number of hydrogen-bond acceptors (Lipinski definition) is 8. The second-order valence-corrected chi connectivity index (χ2v) is 5.92. The topological polar surface area (TPSA) is 96.6 Å². The van der Waals surface area contributed by atoms with Crippen molar-refractivity contribution in [1.29, 1.82) is 0 Å². The third kappa shape index (κ3) is 16.3. The zero-order valence-corrected chi connectivity index (χ0v) is 15.1. The first kappa shape index (κ1) is 21.4. The maximum atomic E-state index is 4.14. The van der Waals surface area contributed by atoms with Crippen molar-refractivity contribution in [2.75, 3.05) is 72.2 Å². The minimum Gasteiger partial charge on any atom is -0.315 e. The average molecular weight is 343 g/mol. The highest BCUT2D eigenvalue weighted by Gasteiger charge is 1.92. The van der Waals surface area contributed by atoms with E-state index in [9.17, 15) is 0 Å². The summed E-state index contributed by atoms with van der Waals surface area (Å²) in [5.74, 6) is 0. The van der Waals surface area contributed by atoms with E-state index >= 15 is 0 Å². The van der Waals surface area contributed by atoms with E-state index in [2.05, 4.69) is 42.4 Å². The van der Waals surface area contributed by atoms with E-state index in [1.54, 1.807) is 0 Å². The SMILES string of the molecule is C1=NCNNCCCCCNC1.C1CNCCNCNCCNC1. The number of aliphatic imine (C=N–C) groups is 1. The van der Waals surface area contributed by atoms with Crippen LogP contribution in [0, 0.1) is 0 Å². The van der Waals surface area contributed by atoms with Crippen LogP contribution < -0.4 is 37.4 Å². The molecule has 0 aliphatic carbocycles. The quantitative estimate of drug-likeness (QED) is 0.291. The van der Waals surface area contributed by atoms with Gasteiger partial charge in [0.1, 0.15) is 6.67 Å². The lowest BCUT2D eigenvalue weighted by Crippen LogP contribution is -2.39. The van der Waals surface area contributed by atoms with Crippen molar-refractivity contribution in [2.24, 2.45) is 4.99 Å². The number of hydrogen-bond donors (Lipinski definition) is 7. The van der Waals surface area contributed by atoms with Gasteiger partial charge >= 0.3 is 0 Å². The van der Waals surface area contributed by atoms with Gasteiger partial charge in [-0.1, -0.05) is 6.42 Å². The van der Waals surface area contributed by atoms with Gasteiger partial charge in [-0.3, -0.25) is 10.4 Å². The van der Waals surface area contributed by atoms with Gasteiger partial charge < -0.3 is 26.6 Å². The smallest absolute Gasteiger partial charge is 0.101 e. The summed E-state index contributed by atoms with van der Waals surface area (Å²) in [7, 11) is 0. The van der Waals surface area contributed by atoms with Crippen LogP contribution in [0.5, 0.6) is 0 Å².